The van der Waals surface area contributed by atoms with Gasteiger partial charge in [-0.1, -0.05) is 23.1 Å². The number of nitrogens with two attached hydrogens (primary N) is 1. The summed E-state index contributed by atoms with van der Waals surface area (Å²) < 4.78 is 2.52. The summed E-state index contributed by atoms with van der Waals surface area (Å²) in [5.74, 6) is 0.237. The van der Waals surface area contributed by atoms with Gasteiger partial charge in [0.2, 0.25) is 11.0 Å². The quantitative estimate of drug-likeness (QED) is 0.807. The van der Waals surface area contributed by atoms with E-state index in [1.54, 1.807) is 0 Å². The molecule has 114 valence electrons. The van der Waals surface area contributed by atoms with E-state index in [2.05, 4.69) is 20.6 Å². The SMILES string of the molecule is Cc1nn(C)c(C)c1C(C)NC(=O)CSc1nnc(N)s1. The fourth-order valence-electron chi connectivity index (χ4n) is 2.18. The van der Waals surface area contributed by atoms with Crippen molar-refractivity contribution >= 4 is 34.1 Å². The fourth-order valence-corrected chi connectivity index (χ4v) is 3.63. The third-order valence-corrected chi connectivity index (χ3v) is 5.01. The monoisotopic (exact) mass is 326 g/mol. The van der Waals surface area contributed by atoms with Crippen LogP contribution in [0.15, 0.2) is 4.34 Å². The number of amides is 1. The summed E-state index contributed by atoms with van der Waals surface area (Å²) in [5, 5.41) is 15.3. The first-order valence-corrected chi connectivity index (χ1v) is 8.20. The number of rotatable bonds is 5. The zero-order valence-corrected chi connectivity index (χ0v) is 14.0. The Bertz CT molecular complexity index is 650. The van der Waals surface area contributed by atoms with E-state index in [4.69, 9.17) is 5.73 Å². The first-order chi connectivity index (χ1) is 9.88. The number of hydrogen-bond donors (Lipinski definition) is 2. The van der Waals surface area contributed by atoms with Crippen LogP contribution in [-0.2, 0) is 11.8 Å². The van der Waals surface area contributed by atoms with Crippen molar-refractivity contribution in [1.82, 2.24) is 25.3 Å². The Hall–Kier alpha value is -1.61. The third kappa shape index (κ3) is 3.73. The highest BCUT2D eigenvalue weighted by Crippen LogP contribution is 2.24. The summed E-state index contributed by atoms with van der Waals surface area (Å²) in [6, 6.07) is -0.0775. The Morgan fingerprint density at radius 3 is 2.71 bits per heavy atom. The molecule has 1 atom stereocenters. The number of nitrogen functional groups attached to an aromatic ring is 1. The molecule has 1 amide bonds. The second kappa shape index (κ2) is 6.44. The van der Waals surface area contributed by atoms with Crippen LogP contribution in [-0.4, -0.2) is 31.6 Å². The number of nitrogens with one attached hydrogen (secondary N) is 1. The number of nitrogens with zero attached hydrogens (tertiary/aromatic N) is 4. The summed E-state index contributed by atoms with van der Waals surface area (Å²) in [5.41, 5.74) is 8.56. The molecular weight excluding hydrogens is 308 g/mol. The van der Waals surface area contributed by atoms with E-state index in [-0.39, 0.29) is 17.7 Å². The van der Waals surface area contributed by atoms with Gasteiger partial charge < -0.3 is 11.1 Å². The number of carbonyl (C=O) groups excluding carboxylic acids is 1. The first-order valence-electron chi connectivity index (χ1n) is 6.39. The van der Waals surface area contributed by atoms with Crippen LogP contribution >= 0.6 is 23.1 Å². The second-order valence-electron chi connectivity index (χ2n) is 4.69. The summed E-state index contributed by atoms with van der Waals surface area (Å²) in [7, 11) is 1.90. The summed E-state index contributed by atoms with van der Waals surface area (Å²) >= 11 is 2.61. The summed E-state index contributed by atoms with van der Waals surface area (Å²) in [4.78, 5) is 12.0. The number of aromatic nitrogens is 4. The van der Waals surface area contributed by atoms with Gasteiger partial charge in [0.05, 0.1) is 17.5 Å². The first kappa shape index (κ1) is 15.8. The predicted octanol–water partition coefficient (Wildman–Crippen LogP) is 1.44. The van der Waals surface area contributed by atoms with Gasteiger partial charge in [-0.25, -0.2) is 0 Å². The zero-order valence-electron chi connectivity index (χ0n) is 12.4. The molecule has 2 aromatic rings. The smallest absolute Gasteiger partial charge is 0.230 e. The van der Waals surface area contributed by atoms with Gasteiger partial charge in [0.25, 0.3) is 0 Å². The normalized spacial score (nSPS) is 12.4. The minimum absolute atomic E-state index is 0.0519. The Kier molecular flexibility index (Phi) is 4.84. The molecule has 0 spiro atoms. The number of thioether (sulfide) groups is 1. The van der Waals surface area contributed by atoms with E-state index in [0.29, 0.717) is 9.47 Å². The molecule has 0 radical (unpaired) electrons. The van der Waals surface area contributed by atoms with Gasteiger partial charge in [0.1, 0.15) is 0 Å². The van der Waals surface area contributed by atoms with Crippen molar-refractivity contribution in [2.24, 2.45) is 7.05 Å². The molecule has 21 heavy (non-hydrogen) atoms. The minimum Gasteiger partial charge on any atom is -0.374 e. The van der Waals surface area contributed by atoms with E-state index < -0.39 is 0 Å². The summed E-state index contributed by atoms with van der Waals surface area (Å²) in [6.45, 7) is 5.91. The standard InChI is InChI=1S/C12H18N6OS2/c1-6(10-7(2)17-18(4)8(10)3)14-9(19)5-20-12-16-15-11(13)21-12/h6H,5H2,1-4H3,(H2,13,15)(H,14,19). The van der Waals surface area contributed by atoms with Crippen molar-refractivity contribution in [2.45, 2.75) is 31.2 Å². The molecule has 9 heteroatoms. The van der Waals surface area contributed by atoms with Crippen LogP contribution in [0.5, 0.6) is 0 Å². The number of anilines is 1. The lowest BCUT2D eigenvalue weighted by molar-refractivity contribution is -0.119. The highest BCUT2D eigenvalue weighted by molar-refractivity contribution is 8.01. The molecule has 2 aromatic heterocycles. The molecule has 2 rings (SSSR count). The van der Waals surface area contributed by atoms with Crippen LogP contribution in [0.3, 0.4) is 0 Å². The highest BCUT2D eigenvalue weighted by Gasteiger charge is 2.18. The maximum absolute atomic E-state index is 12.0. The van der Waals surface area contributed by atoms with Crippen molar-refractivity contribution in [1.29, 1.82) is 0 Å². The van der Waals surface area contributed by atoms with Crippen molar-refractivity contribution < 1.29 is 4.79 Å². The van der Waals surface area contributed by atoms with Crippen LogP contribution in [0.1, 0.15) is 29.9 Å². The second-order valence-corrected chi connectivity index (χ2v) is 6.92. The van der Waals surface area contributed by atoms with Crippen LogP contribution in [0.4, 0.5) is 5.13 Å². The molecule has 0 aliphatic rings. The fraction of sp³-hybridized carbons (Fsp3) is 0.500. The number of aryl methyl sites for hydroxylation is 2. The van der Waals surface area contributed by atoms with Crippen LogP contribution < -0.4 is 11.1 Å². The lowest BCUT2D eigenvalue weighted by Crippen LogP contribution is -2.28. The maximum Gasteiger partial charge on any atom is 0.230 e. The van der Waals surface area contributed by atoms with Gasteiger partial charge in [-0.2, -0.15) is 5.10 Å². The summed E-state index contributed by atoms with van der Waals surface area (Å²) in [6.07, 6.45) is 0. The Balaban J connectivity index is 1.93. The van der Waals surface area contributed by atoms with Crippen molar-refractivity contribution in [3.63, 3.8) is 0 Å². The molecule has 0 saturated carbocycles. The minimum atomic E-state index is -0.0775. The van der Waals surface area contributed by atoms with E-state index in [9.17, 15) is 4.79 Å². The van der Waals surface area contributed by atoms with E-state index in [0.717, 1.165) is 17.0 Å². The third-order valence-electron chi connectivity index (χ3n) is 3.12. The van der Waals surface area contributed by atoms with E-state index in [1.165, 1.54) is 23.1 Å². The molecule has 0 fully saturated rings. The van der Waals surface area contributed by atoms with Crippen molar-refractivity contribution in [3.05, 3.63) is 17.0 Å². The van der Waals surface area contributed by atoms with Gasteiger partial charge in [-0.15, -0.1) is 10.2 Å². The Morgan fingerprint density at radius 2 is 2.19 bits per heavy atom. The zero-order chi connectivity index (χ0) is 15.6. The Morgan fingerprint density at radius 1 is 1.48 bits per heavy atom. The molecule has 3 N–H and O–H groups in total. The molecular formula is C12H18N6OS2. The molecule has 0 bridgehead atoms. The van der Waals surface area contributed by atoms with E-state index >= 15 is 0 Å². The predicted molar refractivity (Wildman–Crippen MR) is 84.3 cm³/mol. The molecule has 0 aromatic carbocycles. The lowest BCUT2D eigenvalue weighted by atomic mass is 10.1. The molecule has 0 saturated heterocycles. The van der Waals surface area contributed by atoms with Gasteiger partial charge in [-0.3, -0.25) is 9.48 Å². The van der Waals surface area contributed by atoms with Crippen LogP contribution in [0.2, 0.25) is 0 Å². The van der Waals surface area contributed by atoms with Crippen molar-refractivity contribution in [3.8, 4) is 0 Å². The molecule has 0 aliphatic carbocycles. The molecule has 0 aliphatic heterocycles. The Labute approximate surface area is 131 Å². The van der Waals surface area contributed by atoms with Crippen molar-refractivity contribution in [2.75, 3.05) is 11.5 Å². The van der Waals surface area contributed by atoms with Crippen LogP contribution in [0.25, 0.3) is 0 Å². The number of carbonyl (C=O) groups is 1. The number of hydrogen-bond acceptors (Lipinski definition) is 7. The topological polar surface area (TPSA) is 98.7 Å². The molecule has 7 nitrogen and oxygen atoms in total. The largest absolute Gasteiger partial charge is 0.374 e. The van der Waals surface area contributed by atoms with E-state index in [1.807, 2.05) is 32.5 Å². The maximum atomic E-state index is 12.0. The van der Waals surface area contributed by atoms with Gasteiger partial charge in [0.15, 0.2) is 4.34 Å². The lowest BCUT2D eigenvalue weighted by Gasteiger charge is -2.14. The molecule has 1 unspecified atom stereocenters. The van der Waals surface area contributed by atoms with Gasteiger partial charge in [0, 0.05) is 18.3 Å². The average molecular weight is 326 g/mol. The average Bonchev–Trinajstić information content (AvgIpc) is 2.92. The van der Waals surface area contributed by atoms with Crippen LogP contribution in [0, 0.1) is 13.8 Å². The highest BCUT2D eigenvalue weighted by atomic mass is 32.2. The van der Waals surface area contributed by atoms with Gasteiger partial charge in [-0.05, 0) is 20.8 Å². The molecule has 2 heterocycles. The van der Waals surface area contributed by atoms with Gasteiger partial charge >= 0.3 is 0 Å².